The van der Waals surface area contributed by atoms with Gasteiger partial charge < -0.3 is 10.1 Å². The molecule has 0 aliphatic rings. The van der Waals surface area contributed by atoms with Gasteiger partial charge in [-0.05, 0) is 39.0 Å². The quantitative estimate of drug-likeness (QED) is 0.471. The second-order valence-electron chi connectivity index (χ2n) is 5.47. The molecule has 0 fully saturated rings. The fourth-order valence-electron chi connectivity index (χ4n) is 1.99. The van der Waals surface area contributed by atoms with Crippen molar-refractivity contribution in [1.29, 1.82) is 0 Å². The number of halogens is 2. The van der Waals surface area contributed by atoms with Crippen molar-refractivity contribution in [2.45, 2.75) is 32.0 Å². The Labute approximate surface area is 153 Å². The first-order chi connectivity index (χ1) is 12.2. The lowest BCUT2D eigenvalue weighted by atomic mass is 10.2. The number of rotatable bonds is 6. The molecule has 1 amide bonds. The number of thioether (sulfide) groups is 1. The van der Waals surface area contributed by atoms with Crippen LogP contribution in [0.2, 0.25) is 0 Å². The van der Waals surface area contributed by atoms with Crippen LogP contribution in [0.3, 0.4) is 0 Å². The molecule has 0 bridgehead atoms. The Balaban J connectivity index is 1.87. The number of anilines is 1. The summed E-state index contributed by atoms with van der Waals surface area (Å²) in [7, 11) is 0. The fraction of sp³-hybridized carbons (Fsp3) is 0.294. The number of esters is 1. The van der Waals surface area contributed by atoms with E-state index in [9.17, 15) is 18.4 Å². The van der Waals surface area contributed by atoms with E-state index in [2.05, 4.69) is 15.3 Å². The predicted molar refractivity (Wildman–Crippen MR) is 92.8 cm³/mol. The number of carbonyl (C=O) groups is 2. The Morgan fingerprint density at radius 3 is 2.50 bits per heavy atom. The topological polar surface area (TPSA) is 81.2 Å². The Bertz CT molecular complexity index is 813. The molecule has 9 heteroatoms. The van der Waals surface area contributed by atoms with Crippen LogP contribution in [0.4, 0.5) is 14.5 Å². The zero-order valence-corrected chi connectivity index (χ0v) is 15.2. The Morgan fingerprint density at radius 2 is 1.85 bits per heavy atom. The summed E-state index contributed by atoms with van der Waals surface area (Å²) in [5, 5.41) is 2.61. The SMILES string of the molecule is Cc1cc(C)nc(SCC(=O)O[C@@H](C)C(=O)Nc2cc(F)ccc2F)n1. The molecule has 0 unspecified atom stereocenters. The number of nitrogens with zero attached hydrogens (tertiary/aromatic N) is 2. The van der Waals surface area contributed by atoms with Gasteiger partial charge in [0.2, 0.25) is 0 Å². The zero-order chi connectivity index (χ0) is 19.3. The standard InChI is InChI=1S/C17H17F2N3O3S/c1-9-6-10(2)21-17(20-9)26-8-15(23)25-11(3)16(24)22-14-7-12(18)4-5-13(14)19/h4-7,11H,8H2,1-3H3,(H,22,24)/t11-/m0/s1. The molecule has 138 valence electrons. The second kappa shape index (κ2) is 8.70. The molecule has 26 heavy (non-hydrogen) atoms. The van der Waals surface area contributed by atoms with Crippen molar-refractivity contribution < 1.29 is 23.1 Å². The molecule has 0 radical (unpaired) electrons. The largest absolute Gasteiger partial charge is 0.452 e. The first kappa shape index (κ1) is 19.8. The molecule has 0 spiro atoms. The van der Waals surface area contributed by atoms with Crippen LogP contribution in [0.15, 0.2) is 29.4 Å². The first-order valence-corrected chi connectivity index (χ1v) is 8.63. The molecule has 1 N–H and O–H groups in total. The molecule has 0 aliphatic carbocycles. The summed E-state index contributed by atoms with van der Waals surface area (Å²) in [5.41, 5.74) is 1.23. The third-order valence-electron chi connectivity index (χ3n) is 3.14. The van der Waals surface area contributed by atoms with Crippen molar-refractivity contribution in [3.63, 3.8) is 0 Å². The van der Waals surface area contributed by atoms with Crippen LogP contribution in [-0.4, -0.2) is 33.7 Å². The molecule has 2 aromatic rings. The summed E-state index contributed by atoms with van der Waals surface area (Å²) in [6.07, 6.45) is -1.18. The number of nitrogens with one attached hydrogen (secondary N) is 1. The van der Waals surface area contributed by atoms with E-state index in [1.54, 1.807) is 6.07 Å². The van der Waals surface area contributed by atoms with Gasteiger partial charge in [0.05, 0.1) is 11.4 Å². The monoisotopic (exact) mass is 381 g/mol. The maximum absolute atomic E-state index is 13.5. The summed E-state index contributed by atoms with van der Waals surface area (Å²) >= 11 is 1.08. The van der Waals surface area contributed by atoms with Crippen LogP contribution >= 0.6 is 11.8 Å². The van der Waals surface area contributed by atoms with Gasteiger partial charge in [0.25, 0.3) is 5.91 Å². The fourth-order valence-corrected chi connectivity index (χ4v) is 2.73. The molecule has 0 aliphatic heterocycles. The van der Waals surface area contributed by atoms with Crippen molar-refractivity contribution in [1.82, 2.24) is 9.97 Å². The molecular formula is C17H17F2N3O3S. The Kier molecular flexibility index (Phi) is 6.62. The van der Waals surface area contributed by atoms with Crippen molar-refractivity contribution in [3.05, 3.63) is 47.3 Å². The van der Waals surface area contributed by atoms with Crippen molar-refractivity contribution in [2.75, 3.05) is 11.1 Å². The number of ether oxygens (including phenoxy) is 1. The molecule has 6 nitrogen and oxygen atoms in total. The summed E-state index contributed by atoms with van der Waals surface area (Å²) in [6, 6.07) is 4.47. The molecule has 1 aromatic carbocycles. The first-order valence-electron chi connectivity index (χ1n) is 7.65. The van der Waals surface area contributed by atoms with Crippen molar-refractivity contribution in [3.8, 4) is 0 Å². The lowest BCUT2D eigenvalue weighted by Crippen LogP contribution is -2.30. The Morgan fingerprint density at radius 1 is 1.19 bits per heavy atom. The van der Waals surface area contributed by atoms with E-state index in [0.29, 0.717) is 5.16 Å². The van der Waals surface area contributed by atoms with E-state index in [1.165, 1.54) is 6.92 Å². The van der Waals surface area contributed by atoms with E-state index in [4.69, 9.17) is 4.74 Å². The maximum Gasteiger partial charge on any atom is 0.317 e. The minimum absolute atomic E-state index is 0.0885. The van der Waals surface area contributed by atoms with Crippen LogP contribution in [0.25, 0.3) is 0 Å². The van der Waals surface area contributed by atoms with Gasteiger partial charge in [-0.3, -0.25) is 9.59 Å². The summed E-state index contributed by atoms with van der Waals surface area (Å²) in [5.74, 6) is -3.00. The molecule has 0 saturated heterocycles. The number of amides is 1. The van der Waals surface area contributed by atoms with Crippen LogP contribution in [0.1, 0.15) is 18.3 Å². The molecule has 1 atom stereocenters. The van der Waals surface area contributed by atoms with Gasteiger partial charge in [-0.25, -0.2) is 18.7 Å². The van der Waals surface area contributed by atoms with Crippen LogP contribution in [-0.2, 0) is 14.3 Å². The van der Waals surface area contributed by atoms with E-state index < -0.39 is 29.6 Å². The normalized spacial score (nSPS) is 11.7. The average molecular weight is 381 g/mol. The van der Waals surface area contributed by atoms with Gasteiger partial charge in [0, 0.05) is 17.5 Å². The van der Waals surface area contributed by atoms with E-state index in [1.807, 2.05) is 13.8 Å². The highest BCUT2D eigenvalue weighted by atomic mass is 32.2. The molecular weight excluding hydrogens is 364 g/mol. The van der Waals surface area contributed by atoms with Crippen LogP contribution in [0, 0.1) is 25.5 Å². The van der Waals surface area contributed by atoms with Crippen LogP contribution in [0.5, 0.6) is 0 Å². The third kappa shape index (κ3) is 5.76. The predicted octanol–water partition coefficient (Wildman–Crippen LogP) is 3.03. The highest BCUT2D eigenvalue weighted by Gasteiger charge is 2.20. The molecule has 0 saturated carbocycles. The van der Waals surface area contributed by atoms with Crippen LogP contribution < -0.4 is 5.32 Å². The van der Waals surface area contributed by atoms with Gasteiger partial charge in [-0.1, -0.05) is 11.8 Å². The highest BCUT2D eigenvalue weighted by molar-refractivity contribution is 7.99. The Hall–Kier alpha value is -2.55. The second-order valence-corrected chi connectivity index (χ2v) is 6.41. The van der Waals surface area contributed by atoms with E-state index in [0.717, 1.165) is 41.3 Å². The van der Waals surface area contributed by atoms with Gasteiger partial charge in [-0.2, -0.15) is 0 Å². The van der Waals surface area contributed by atoms with Gasteiger partial charge in [0.15, 0.2) is 11.3 Å². The van der Waals surface area contributed by atoms with E-state index >= 15 is 0 Å². The smallest absolute Gasteiger partial charge is 0.317 e. The van der Waals surface area contributed by atoms with Crippen molar-refractivity contribution in [2.24, 2.45) is 0 Å². The summed E-state index contributed by atoms with van der Waals surface area (Å²) in [6.45, 7) is 4.96. The number of aryl methyl sites for hydroxylation is 2. The van der Waals surface area contributed by atoms with Gasteiger partial charge >= 0.3 is 5.97 Å². The number of hydrogen-bond donors (Lipinski definition) is 1. The maximum atomic E-state index is 13.5. The number of hydrogen-bond acceptors (Lipinski definition) is 6. The minimum atomic E-state index is -1.18. The number of aromatic nitrogens is 2. The summed E-state index contributed by atoms with van der Waals surface area (Å²) < 4.78 is 31.6. The zero-order valence-electron chi connectivity index (χ0n) is 14.4. The lowest BCUT2D eigenvalue weighted by molar-refractivity contribution is -0.150. The molecule has 1 heterocycles. The molecule has 2 rings (SSSR count). The number of carbonyl (C=O) groups excluding carboxylic acids is 2. The van der Waals surface area contributed by atoms with Gasteiger partial charge in [0.1, 0.15) is 11.6 Å². The van der Waals surface area contributed by atoms with Crippen molar-refractivity contribution >= 4 is 29.3 Å². The summed E-state index contributed by atoms with van der Waals surface area (Å²) in [4.78, 5) is 32.2. The third-order valence-corrected chi connectivity index (χ3v) is 3.97. The average Bonchev–Trinajstić information content (AvgIpc) is 2.55. The number of benzene rings is 1. The minimum Gasteiger partial charge on any atom is -0.452 e. The lowest BCUT2D eigenvalue weighted by Gasteiger charge is -2.13. The van der Waals surface area contributed by atoms with E-state index in [-0.39, 0.29) is 11.4 Å². The molecule has 1 aromatic heterocycles. The van der Waals surface area contributed by atoms with Gasteiger partial charge in [-0.15, -0.1) is 0 Å². The highest BCUT2D eigenvalue weighted by Crippen LogP contribution is 2.17.